The molecule has 0 spiro atoms. The Morgan fingerprint density at radius 2 is 1.00 bits per heavy atom. The average molecular weight is 413 g/mol. The number of hydrogen-bond acceptors (Lipinski definition) is 2. The summed E-state index contributed by atoms with van der Waals surface area (Å²) in [6, 6.07) is 0. The van der Waals surface area contributed by atoms with Crippen molar-refractivity contribution in [2.75, 3.05) is 0 Å². The first-order valence-electron chi connectivity index (χ1n) is 12.4. The van der Waals surface area contributed by atoms with E-state index in [0.717, 1.165) is 19.3 Å². The maximum absolute atomic E-state index is 11.3. The Bertz CT molecular complexity index is 394. The van der Waals surface area contributed by atoms with E-state index in [9.17, 15) is 14.7 Å². The molecule has 2 atom stereocenters. The van der Waals surface area contributed by atoms with Gasteiger partial charge in [-0.05, 0) is 18.8 Å². The molecule has 0 fully saturated rings. The summed E-state index contributed by atoms with van der Waals surface area (Å²) >= 11 is 0. The predicted octanol–water partition coefficient (Wildman–Crippen LogP) is 7.84. The molecular weight excluding hydrogens is 364 g/mol. The average Bonchev–Trinajstić information content (AvgIpc) is 2.67. The molecule has 4 heteroatoms. The van der Waals surface area contributed by atoms with Crippen molar-refractivity contribution in [1.29, 1.82) is 0 Å². The lowest BCUT2D eigenvalue weighted by Gasteiger charge is -2.19. The van der Waals surface area contributed by atoms with Crippen LogP contribution in [0, 0.1) is 11.8 Å². The second-order valence-electron chi connectivity index (χ2n) is 8.95. The lowest BCUT2D eigenvalue weighted by atomic mass is 9.86. The first-order chi connectivity index (χ1) is 14.0. The van der Waals surface area contributed by atoms with E-state index >= 15 is 0 Å². The molecule has 0 heterocycles. The van der Waals surface area contributed by atoms with E-state index < -0.39 is 17.9 Å². The van der Waals surface area contributed by atoms with Crippen LogP contribution in [0.4, 0.5) is 0 Å². The quantitative estimate of drug-likeness (QED) is 0.178. The van der Waals surface area contributed by atoms with E-state index in [1.165, 1.54) is 89.9 Å². The van der Waals surface area contributed by atoms with E-state index in [2.05, 4.69) is 6.92 Å². The lowest BCUT2D eigenvalue weighted by molar-refractivity contribution is -0.144. The number of carboxylic acid groups (broad SMARTS) is 2. The highest BCUT2D eigenvalue weighted by Crippen LogP contribution is 2.24. The number of unbranched alkanes of at least 4 members (excludes halogenated alkanes) is 15. The molecule has 0 saturated carbocycles. The Balaban J connectivity index is 3.43. The van der Waals surface area contributed by atoms with Gasteiger partial charge < -0.3 is 10.2 Å². The van der Waals surface area contributed by atoms with Gasteiger partial charge in [0.1, 0.15) is 0 Å². The molecule has 0 saturated heterocycles. The molecule has 0 amide bonds. The van der Waals surface area contributed by atoms with Gasteiger partial charge in [-0.2, -0.15) is 0 Å². The highest BCUT2D eigenvalue weighted by Gasteiger charge is 2.24. The zero-order valence-electron chi connectivity index (χ0n) is 19.3. The zero-order valence-corrected chi connectivity index (χ0v) is 19.3. The Kier molecular flexibility index (Phi) is 19.5. The van der Waals surface area contributed by atoms with Gasteiger partial charge in [-0.25, -0.2) is 0 Å². The summed E-state index contributed by atoms with van der Waals surface area (Å²) in [7, 11) is 0. The Morgan fingerprint density at radius 1 is 0.621 bits per heavy atom. The summed E-state index contributed by atoms with van der Waals surface area (Å²) in [5.74, 6) is -2.23. The summed E-state index contributed by atoms with van der Waals surface area (Å²) < 4.78 is 0. The SMILES string of the molecule is CCCCCCCCCCCCCCCCCCC(C)C(CCC(=O)O)C(=O)O. The van der Waals surface area contributed by atoms with Gasteiger partial charge in [0.2, 0.25) is 0 Å². The summed E-state index contributed by atoms with van der Waals surface area (Å²) in [5.41, 5.74) is 0. The molecule has 0 bridgehead atoms. The minimum atomic E-state index is -0.911. The van der Waals surface area contributed by atoms with Crippen LogP contribution in [0.2, 0.25) is 0 Å². The van der Waals surface area contributed by atoms with Gasteiger partial charge >= 0.3 is 11.9 Å². The molecule has 0 aromatic heterocycles. The van der Waals surface area contributed by atoms with Gasteiger partial charge in [-0.1, -0.05) is 117 Å². The first kappa shape index (κ1) is 27.9. The van der Waals surface area contributed by atoms with Crippen molar-refractivity contribution in [1.82, 2.24) is 0 Å². The number of hydrogen-bond donors (Lipinski definition) is 2. The highest BCUT2D eigenvalue weighted by molar-refractivity contribution is 5.72. The number of rotatable bonds is 22. The van der Waals surface area contributed by atoms with Gasteiger partial charge in [-0.15, -0.1) is 0 Å². The molecule has 0 rings (SSSR count). The molecule has 2 N–H and O–H groups in total. The van der Waals surface area contributed by atoms with Crippen molar-refractivity contribution in [3.63, 3.8) is 0 Å². The number of carboxylic acids is 2. The first-order valence-corrected chi connectivity index (χ1v) is 12.4. The standard InChI is InChI=1S/C25H48O4/c1-3-4-5-6-7-8-9-10-11-12-13-14-15-16-17-18-19-22(2)23(25(28)29)20-21-24(26)27/h22-23H,3-21H2,1-2H3,(H,26,27)(H,28,29). The van der Waals surface area contributed by atoms with Crippen molar-refractivity contribution >= 4 is 11.9 Å². The van der Waals surface area contributed by atoms with Crippen molar-refractivity contribution in [2.24, 2.45) is 11.8 Å². The fraction of sp³-hybridized carbons (Fsp3) is 0.920. The van der Waals surface area contributed by atoms with Crippen LogP contribution in [0.1, 0.15) is 136 Å². The molecule has 4 nitrogen and oxygen atoms in total. The fourth-order valence-corrected chi connectivity index (χ4v) is 4.15. The molecular formula is C25H48O4. The largest absolute Gasteiger partial charge is 0.481 e. The Morgan fingerprint density at radius 3 is 1.34 bits per heavy atom. The minimum absolute atomic E-state index is 0.0542. The van der Waals surface area contributed by atoms with E-state index in [4.69, 9.17) is 5.11 Å². The van der Waals surface area contributed by atoms with Crippen molar-refractivity contribution in [2.45, 2.75) is 136 Å². The minimum Gasteiger partial charge on any atom is -0.481 e. The third-order valence-electron chi connectivity index (χ3n) is 6.19. The third kappa shape index (κ3) is 18.7. The highest BCUT2D eigenvalue weighted by atomic mass is 16.4. The van der Waals surface area contributed by atoms with Crippen LogP contribution in [0.25, 0.3) is 0 Å². The van der Waals surface area contributed by atoms with Crippen molar-refractivity contribution < 1.29 is 19.8 Å². The van der Waals surface area contributed by atoms with E-state index in [0.29, 0.717) is 0 Å². The van der Waals surface area contributed by atoms with Gasteiger partial charge in [0.05, 0.1) is 5.92 Å². The topological polar surface area (TPSA) is 74.6 Å². The predicted molar refractivity (Wildman–Crippen MR) is 121 cm³/mol. The van der Waals surface area contributed by atoms with Crippen LogP contribution in [-0.2, 0) is 9.59 Å². The molecule has 0 aromatic carbocycles. The molecule has 172 valence electrons. The van der Waals surface area contributed by atoms with Crippen LogP contribution in [0.5, 0.6) is 0 Å². The molecule has 29 heavy (non-hydrogen) atoms. The Labute approximate surface area is 179 Å². The van der Waals surface area contributed by atoms with Crippen LogP contribution in [-0.4, -0.2) is 22.2 Å². The van der Waals surface area contributed by atoms with Crippen LogP contribution in [0.3, 0.4) is 0 Å². The van der Waals surface area contributed by atoms with E-state index in [1.807, 2.05) is 6.92 Å². The second-order valence-corrected chi connectivity index (χ2v) is 8.95. The number of aliphatic carboxylic acids is 2. The zero-order chi connectivity index (χ0) is 21.7. The normalized spacial score (nSPS) is 13.3. The van der Waals surface area contributed by atoms with Crippen molar-refractivity contribution in [3.05, 3.63) is 0 Å². The maximum Gasteiger partial charge on any atom is 0.306 e. The Hall–Kier alpha value is -1.06. The maximum atomic E-state index is 11.3. The molecule has 0 aliphatic rings. The summed E-state index contributed by atoms with van der Waals surface area (Å²) in [4.78, 5) is 22.0. The van der Waals surface area contributed by atoms with Crippen molar-refractivity contribution in [3.8, 4) is 0 Å². The van der Waals surface area contributed by atoms with Gasteiger partial charge in [0.25, 0.3) is 0 Å². The van der Waals surface area contributed by atoms with Gasteiger partial charge in [0, 0.05) is 6.42 Å². The molecule has 2 unspecified atom stereocenters. The lowest BCUT2D eigenvalue weighted by Crippen LogP contribution is -2.22. The van der Waals surface area contributed by atoms with Crippen LogP contribution >= 0.6 is 0 Å². The molecule has 0 radical (unpaired) electrons. The summed E-state index contributed by atoms with van der Waals surface area (Å²) in [5, 5.41) is 18.1. The number of carbonyl (C=O) groups is 2. The van der Waals surface area contributed by atoms with Crippen LogP contribution in [0.15, 0.2) is 0 Å². The van der Waals surface area contributed by atoms with E-state index in [1.54, 1.807) is 0 Å². The third-order valence-corrected chi connectivity index (χ3v) is 6.19. The summed E-state index contributed by atoms with van der Waals surface area (Å²) in [6.45, 7) is 4.22. The molecule has 0 aromatic rings. The second kappa shape index (κ2) is 20.2. The smallest absolute Gasteiger partial charge is 0.306 e. The van der Waals surface area contributed by atoms with E-state index in [-0.39, 0.29) is 18.8 Å². The van der Waals surface area contributed by atoms with Crippen LogP contribution < -0.4 is 0 Å². The van der Waals surface area contributed by atoms with Gasteiger partial charge in [0.15, 0.2) is 0 Å². The summed E-state index contributed by atoms with van der Waals surface area (Å²) in [6.07, 6.45) is 22.5. The fourth-order valence-electron chi connectivity index (χ4n) is 4.15. The molecule has 0 aliphatic carbocycles. The molecule has 0 aliphatic heterocycles. The van der Waals surface area contributed by atoms with Gasteiger partial charge in [-0.3, -0.25) is 9.59 Å². The monoisotopic (exact) mass is 412 g/mol.